The molecule has 1 fully saturated rings. The lowest BCUT2D eigenvalue weighted by Crippen LogP contribution is -2.45. The van der Waals surface area contributed by atoms with Gasteiger partial charge in [-0.15, -0.1) is 0 Å². The summed E-state index contributed by atoms with van der Waals surface area (Å²) in [5, 5.41) is 16.2. The maximum absolute atomic E-state index is 12.5. The van der Waals surface area contributed by atoms with Crippen LogP contribution in [0.2, 0.25) is 0 Å². The molecule has 106 valence electrons. The number of aromatic nitrogens is 2. The molecule has 2 rings (SSSR count). The zero-order valence-electron chi connectivity index (χ0n) is 11.8. The zero-order chi connectivity index (χ0) is 13.8. The summed E-state index contributed by atoms with van der Waals surface area (Å²) in [4.78, 5) is 14.4. The van der Waals surface area contributed by atoms with E-state index in [1.807, 2.05) is 18.7 Å². The molecule has 5 heteroatoms. The van der Waals surface area contributed by atoms with Gasteiger partial charge in [-0.3, -0.25) is 9.89 Å². The minimum atomic E-state index is 0.151. The molecule has 1 aliphatic rings. The largest absolute Gasteiger partial charge is 0.396 e. The fourth-order valence-electron chi connectivity index (χ4n) is 2.87. The first-order chi connectivity index (χ1) is 9.13. The maximum Gasteiger partial charge on any atom is 0.227 e. The van der Waals surface area contributed by atoms with Crippen LogP contribution in [0.1, 0.15) is 42.6 Å². The van der Waals surface area contributed by atoms with E-state index in [0.29, 0.717) is 12.8 Å². The maximum atomic E-state index is 12.5. The van der Waals surface area contributed by atoms with E-state index in [9.17, 15) is 4.79 Å². The van der Waals surface area contributed by atoms with E-state index in [2.05, 4.69) is 10.2 Å². The Morgan fingerprint density at radius 3 is 2.89 bits per heavy atom. The smallest absolute Gasteiger partial charge is 0.227 e. The van der Waals surface area contributed by atoms with E-state index in [1.54, 1.807) is 0 Å². The number of amides is 1. The quantitative estimate of drug-likeness (QED) is 0.863. The molecule has 2 heterocycles. The summed E-state index contributed by atoms with van der Waals surface area (Å²) in [6.45, 7) is 4.84. The molecule has 1 saturated heterocycles. The first-order valence-electron chi connectivity index (χ1n) is 7.04. The van der Waals surface area contributed by atoms with Gasteiger partial charge in [-0.2, -0.15) is 5.10 Å². The SMILES string of the molecule is Cc1n[nH]c(C)c1CC(=O)N1CCCCC1CCO. The van der Waals surface area contributed by atoms with Gasteiger partial charge < -0.3 is 10.0 Å². The van der Waals surface area contributed by atoms with Crippen LogP contribution in [0.5, 0.6) is 0 Å². The van der Waals surface area contributed by atoms with Crippen LogP contribution in [0, 0.1) is 13.8 Å². The number of H-pyrrole nitrogens is 1. The number of hydrogen-bond donors (Lipinski definition) is 2. The molecule has 19 heavy (non-hydrogen) atoms. The lowest BCUT2D eigenvalue weighted by Gasteiger charge is -2.35. The number of likely N-dealkylation sites (tertiary alicyclic amines) is 1. The zero-order valence-corrected chi connectivity index (χ0v) is 11.8. The molecule has 0 aliphatic carbocycles. The first-order valence-corrected chi connectivity index (χ1v) is 7.04. The Labute approximate surface area is 114 Å². The van der Waals surface area contributed by atoms with Crippen LogP contribution in [-0.2, 0) is 11.2 Å². The number of nitrogens with zero attached hydrogens (tertiary/aromatic N) is 2. The highest BCUT2D eigenvalue weighted by Crippen LogP contribution is 2.21. The molecule has 0 radical (unpaired) electrons. The molecule has 0 aromatic carbocycles. The van der Waals surface area contributed by atoms with E-state index in [1.165, 1.54) is 0 Å². The second-order valence-electron chi connectivity index (χ2n) is 5.34. The second-order valence-corrected chi connectivity index (χ2v) is 5.34. The predicted molar refractivity (Wildman–Crippen MR) is 72.8 cm³/mol. The van der Waals surface area contributed by atoms with Gasteiger partial charge in [0.2, 0.25) is 5.91 Å². The minimum Gasteiger partial charge on any atom is -0.396 e. The van der Waals surface area contributed by atoms with Crippen molar-refractivity contribution in [3.05, 3.63) is 17.0 Å². The van der Waals surface area contributed by atoms with Crippen molar-refractivity contribution in [3.8, 4) is 0 Å². The fraction of sp³-hybridized carbons (Fsp3) is 0.714. The molecular formula is C14H23N3O2. The minimum absolute atomic E-state index is 0.151. The van der Waals surface area contributed by atoms with Gasteiger partial charge >= 0.3 is 0 Å². The van der Waals surface area contributed by atoms with Gasteiger partial charge in [-0.05, 0) is 39.5 Å². The lowest BCUT2D eigenvalue weighted by atomic mass is 9.98. The monoisotopic (exact) mass is 265 g/mol. The third-order valence-corrected chi connectivity index (χ3v) is 4.02. The summed E-state index contributed by atoms with van der Waals surface area (Å²) >= 11 is 0. The van der Waals surface area contributed by atoms with Crippen LogP contribution in [0.15, 0.2) is 0 Å². The number of nitrogens with one attached hydrogen (secondary N) is 1. The molecule has 1 aromatic rings. The van der Waals surface area contributed by atoms with Crippen molar-refractivity contribution < 1.29 is 9.90 Å². The van der Waals surface area contributed by atoms with E-state index in [4.69, 9.17) is 5.11 Å². The Morgan fingerprint density at radius 1 is 1.47 bits per heavy atom. The summed E-state index contributed by atoms with van der Waals surface area (Å²) in [5.74, 6) is 0.158. The highest BCUT2D eigenvalue weighted by molar-refractivity contribution is 5.79. The summed E-state index contributed by atoms with van der Waals surface area (Å²) in [6.07, 6.45) is 4.33. The average molecular weight is 265 g/mol. The van der Waals surface area contributed by atoms with Gasteiger partial charge in [0.05, 0.1) is 12.1 Å². The van der Waals surface area contributed by atoms with Gasteiger partial charge in [-0.25, -0.2) is 0 Å². The molecule has 0 bridgehead atoms. The molecule has 2 N–H and O–H groups in total. The van der Waals surface area contributed by atoms with Crippen LogP contribution < -0.4 is 0 Å². The number of hydrogen-bond acceptors (Lipinski definition) is 3. The summed E-state index contributed by atoms with van der Waals surface area (Å²) in [6, 6.07) is 0.207. The Morgan fingerprint density at radius 2 is 2.26 bits per heavy atom. The number of aryl methyl sites for hydroxylation is 2. The van der Waals surface area contributed by atoms with E-state index in [0.717, 1.165) is 42.8 Å². The average Bonchev–Trinajstić information content (AvgIpc) is 2.71. The Hall–Kier alpha value is -1.36. The second kappa shape index (κ2) is 6.19. The third kappa shape index (κ3) is 3.15. The Bertz CT molecular complexity index is 420. The number of carbonyl (C=O) groups excluding carboxylic acids is 1. The van der Waals surface area contributed by atoms with Crippen molar-refractivity contribution in [2.75, 3.05) is 13.2 Å². The van der Waals surface area contributed by atoms with Gasteiger partial charge in [0.25, 0.3) is 0 Å². The van der Waals surface area contributed by atoms with Crippen molar-refractivity contribution in [3.63, 3.8) is 0 Å². The predicted octanol–water partition coefficient (Wildman–Crippen LogP) is 1.33. The molecular weight excluding hydrogens is 242 g/mol. The topological polar surface area (TPSA) is 69.2 Å². The molecule has 1 unspecified atom stereocenters. The van der Waals surface area contributed by atoms with Crippen molar-refractivity contribution in [1.29, 1.82) is 0 Å². The van der Waals surface area contributed by atoms with Crippen LogP contribution in [0.3, 0.4) is 0 Å². The fourth-order valence-corrected chi connectivity index (χ4v) is 2.87. The van der Waals surface area contributed by atoms with E-state index in [-0.39, 0.29) is 18.6 Å². The van der Waals surface area contributed by atoms with Crippen LogP contribution in [0.4, 0.5) is 0 Å². The normalized spacial score (nSPS) is 19.7. The summed E-state index contributed by atoms with van der Waals surface area (Å²) < 4.78 is 0. The van der Waals surface area contributed by atoms with Crippen molar-refractivity contribution >= 4 is 5.91 Å². The number of carbonyl (C=O) groups is 1. The standard InChI is InChI=1S/C14H23N3O2/c1-10-13(11(2)16-15-10)9-14(19)17-7-4-3-5-12(17)6-8-18/h12,18H,3-9H2,1-2H3,(H,15,16). The van der Waals surface area contributed by atoms with Crippen molar-refractivity contribution in [2.45, 2.75) is 52.0 Å². The number of aliphatic hydroxyl groups excluding tert-OH is 1. The molecule has 0 saturated carbocycles. The molecule has 1 amide bonds. The van der Waals surface area contributed by atoms with Gasteiger partial charge in [0.1, 0.15) is 0 Å². The van der Waals surface area contributed by atoms with Crippen molar-refractivity contribution in [2.24, 2.45) is 0 Å². The number of rotatable bonds is 4. The van der Waals surface area contributed by atoms with Crippen LogP contribution >= 0.6 is 0 Å². The summed E-state index contributed by atoms with van der Waals surface area (Å²) in [5.41, 5.74) is 2.89. The van der Waals surface area contributed by atoms with E-state index >= 15 is 0 Å². The molecule has 1 atom stereocenters. The number of aliphatic hydroxyl groups is 1. The van der Waals surface area contributed by atoms with Crippen LogP contribution in [-0.4, -0.2) is 45.3 Å². The van der Waals surface area contributed by atoms with Gasteiger partial charge in [0.15, 0.2) is 0 Å². The van der Waals surface area contributed by atoms with Gasteiger partial charge in [-0.1, -0.05) is 0 Å². The van der Waals surface area contributed by atoms with E-state index < -0.39 is 0 Å². The lowest BCUT2D eigenvalue weighted by molar-refractivity contribution is -0.134. The first kappa shape index (κ1) is 14.1. The highest BCUT2D eigenvalue weighted by Gasteiger charge is 2.27. The van der Waals surface area contributed by atoms with Crippen molar-refractivity contribution in [1.82, 2.24) is 15.1 Å². The number of aromatic amines is 1. The van der Waals surface area contributed by atoms with Crippen LogP contribution in [0.25, 0.3) is 0 Å². The molecule has 5 nitrogen and oxygen atoms in total. The third-order valence-electron chi connectivity index (χ3n) is 4.02. The molecule has 1 aliphatic heterocycles. The Kier molecular flexibility index (Phi) is 4.58. The van der Waals surface area contributed by atoms with Gasteiger partial charge in [0, 0.05) is 30.5 Å². The Balaban J connectivity index is 2.05. The molecule has 0 spiro atoms. The molecule has 1 aromatic heterocycles. The summed E-state index contributed by atoms with van der Waals surface area (Å²) in [7, 11) is 0. The number of piperidine rings is 1. The highest BCUT2D eigenvalue weighted by atomic mass is 16.3.